The summed E-state index contributed by atoms with van der Waals surface area (Å²) in [6.45, 7) is -0.204. The van der Waals surface area contributed by atoms with Gasteiger partial charge in [-0.3, -0.25) is 14.3 Å². The van der Waals surface area contributed by atoms with Crippen molar-refractivity contribution in [2.24, 2.45) is 0 Å². The standard InChI is InChI=1S/C10H9F3N2O2S/c11-10(12,13)9(17)14-5-7-1-3-8(4-2-7)18-15-6-16/h1-4,6H,5H2,(H,14,17)(H,15,16). The molecule has 0 aliphatic heterocycles. The molecule has 1 rings (SSSR count). The number of alkyl halides is 3. The Morgan fingerprint density at radius 3 is 2.39 bits per heavy atom. The molecule has 0 unspecified atom stereocenters. The molecule has 0 saturated heterocycles. The molecule has 0 heterocycles. The Kier molecular flexibility index (Phi) is 5.02. The highest BCUT2D eigenvalue weighted by molar-refractivity contribution is 7.97. The van der Waals surface area contributed by atoms with Gasteiger partial charge in [0.15, 0.2) is 0 Å². The number of carbonyl (C=O) groups excluding carboxylic acids is 2. The fraction of sp³-hybridized carbons (Fsp3) is 0.200. The van der Waals surface area contributed by atoms with Gasteiger partial charge in [0.25, 0.3) is 0 Å². The Balaban J connectivity index is 2.49. The van der Waals surface area contributed by atoms with E-state index >= 15 is 0 Å². The van der Waals surface area contributed by atoms with E-state index in [1.165, 1.54) is 0 Å². The minimum Gasteiger partial charge on any atom is -0.344 e. The molecule has 0 spiro atoms. The maximum Gasteiger partial charge on any atom is 0.471 e. The van der Waals surface area contributed by atoms with E-state index in [0.29, 0.717) is 12.0 Å². The van der Waals surface area contributed by atoms with Crippen molar-refractivity contribution in [3.63, 3.8) is 0 Å². The minimum atomic E-state index is -4.87. The quantitative estimate of drug-likeness (QED) is 0.635. The zero-order valence-electron chi connectivity index (χ0n) is 8.95. The second kappa shape index (κ2) is 6.29. The lowest BCUT2D eigenvalue weighted by Crippen LogP contribution is -2.36. The second-order valence-electron chi connectivity index (χ2n) is 3.16. The molecule has 2 amide bonds. The summed E-state index contributed by atoms with van der Waals surface area (Å²) < 4.78 is 38.1. The van der Waals surface area contributed by atoms with Crippen LogP contribution in [0.1, 0.15) is 5.56 Å². The van der Waals surface area contributed by atoms with Gasteiger partial charge in [0.1, 0.15) is 0 Å². The Bertz CT molecular complexity index is 420. The first kappa shape index (κ1) is 14.4. The molecule has 0 aromatic heterocycles. The van der Waals surface area contributed by atoms with Crippen LogP contribution in [0, 0.1) is 0 Å². The first-order valence-electron chi connectivity index (χ1n) is 4.73. The summed E-state index contributed by atoms with van der Waals surface area (Å²) in [6.07, 6.45) is -4.36. The van der Waals surface area contributed by atoms with Crippen LogP contribution in [-0.4, -0.2) is 18.5 Å². The second-order valence-corrected chi connectivity index (χ2v) is 4.07. The lowest BCUT2D eigenvalue weighted by Gasteiger charge is -2.08. The average molecular weight is 278 g/mol. The molecular weight excluding hydrogens is 269 g/mol. The van der Waals surface area contributed by atoms with Crippen LogP contribution >= 0.6 is 11.9 Å². The van der Waals surface area contributed by atoms with Gasteiger partial charge >= 0.3 is 12.1 Å². The molecule has 0 saturated carbocycles. The SMILES string of the molecule is O=CNSc1ccc(CNC(=O)C(F)(F)F)cc1. The summed E-state index contributed by atoms with van der Waals surface area (Å²) in [6, 6.07) is 6.36. The smallest absolute Gasteiger partial charge is 0.344 e. The van der Waals surface area contributed by atoms with Crippen molar-refractivity contribution in [2.75, 3.05) is 0 Å². The predicted molar refractivity (Wildman–Crippen MR) is 59.4 cm³/mol. The normalized spacial score (nSPS) is 10.8. The topological polar surface area (TPSA) is 58.2 Å². The fourth-order valence-electron chi connectivity index (χ4n) is 1.05. The van der Waals surface area contributed by atoms with Gasteiger partial charge in [0.05, 0.1) is 0 Å². The number of halogens is 3. The van der Waals surface area contributed by atoms with Gasteiger partial charge in [-0.05, 0) is 29.6 Å². The third-order valence-corrected chi connectivity index (χ3v) is 2.58. The Morgan fingerprint density at radius 1 is 1.28 bits per heavy atom. The molecule has 2 N–H and O–H groups in total. The maximum absolute atomic E-state index is 11.9. The summed E-state index contributed by atoms with van der Waals surface area (Å²) in [5.41, 5.74) is 0.531. The maximum atomic E-state index is 11.9. The van der Waals surface area contributed by atoms with Crippen LogP contribution in [0.4, 0.5) is 13.2 Å². The van der Waals surface area contributed by atoms with Crippen molar-refractivity contribution in [1.82, 2.24) is 10.0 Å². The first-order valence-corrected chi connectivity index (χ1v) is 5.55. The van der Waals surface area contributed by atoms with E-state index in [9.17, 15) is 22.8 Å². The van der Waals surface area contributed by atoms with Crippen LogP contribution < -0.4 is 10.0 Å². The molecule has 98 valence electrons. The summed E-state index contributed by atoms with van der Waals surface area (Å²) in [7, 11) is 0. The van der Waals surface area contributed by atoms with Gasteiger partial charge in [-0.1, -0.05) is 12.1 Å². The van der Waals surface area contributed by atoms with Crippen molar-refractivity contribution < 1.29 is 22.8 Å². The highest BCUT2D eigenvalue weighted by Gasteiger charge is 2.38. The molecule has 0 bridgehead atoms. The zero-order chi connectivity index (χ0) is 13.6. The van der Waals surface area contributed by atoms with E-state index in [1.807, 2.05) is 0 Å². The number of benzene rings is 1. The molecule has 1 aromatic rings. The lowest BCUT2D eigenvalue weighted by molar-refractivity contribution is -0.173. The summed E-state index contributed by atoms with van der Waals surface area (Å²) in [5, 5.41) is 1.76. The summed E-state index contributed by atoms with van der Waals surface area (Å²) in [4.78, 5) is 21.3. The van der Waals surface area contributed by atoms with Gasteiger partial charge in [0, 0.05) is 11.4 Å². The van der Waals surface area contributed by atoms with Crippen molar-refractivity contribution in [3.8, 4) is 0 Å². The zero-order valence-corrected chi connectivity index (χ0v) is 9.77. The van der Waals surface area contributed by atoms with Crippen molar-refractivity contribution in [1.29, 1.82) is 0 Å². The molecule has 0 fully saturated rings. The van der Waals surface area contributed by atoms with E-state index in [-0.39, 0.29) is 6.54 Å². The lowest BCUT2D eigenvalue weighted by atomic mass is 10.2. The molecule has 0 aliphatic rings. The Hall–Kier alpha value is -1.70. The van der Waals surface area contributed by atoms with E-state index in [1.54, 1.807) is 29.6 Å². The molecule has 8 heteroatoms. The van der Waals surface area contributed by atoms with E-state index in [2.05, 4.69) is 4.72 Å². The van der Waals surface area contributed by atoms with E-state index in [4.69, 9.17) is 0 Å². The molecule has 1 aromatic carbocycles. The molecule has 0 aliphatic carbocycles. The number of hydrogen-bond donors (Lipinski definition) is 2. The predicted octanol–water partition coefficient (Wildman–Crippen LogP) is 1.62. The van der Waals surface area contributed by atoms with Gasteiger partial charge in [-0.25, -0.2) is 0 Å². The highest BCUT2D eigenvalue weighted by atomic mass is 32.2. The van der Waals surface area contributed by atoms with Crippen LogP contribution in [0.15, 0.2) is 29.2 Å². The fourth-order valence-corrected chi connectivity index (χ4v) is 1.51. The summed E-state index contributed by atoms with van der Waals surface area (Å²) in [5.74, 6) is -1.97. The van der Waals surface area contributed by atoms with Gasteiger partial charge in [-0.15, -0.1) is 0 Å². The highest BCUT2D eigenvalue weighted by Crippen LogP contribution is 2.16. The van der Waals surface area contributed by atoms with Crippen molar-refractivity contribution in [2.45, 2.75) is 17.6 Å². The third-order valence-electron chi connectivity index (χ3n) is 1.86. The number of rotatable bonds is 5. The number of carbonyl (C=O) groups is 2. The van der Waals surface area contributed by atoms with Crippen LogP contribution in [0.3, 0.4) is 0 Å². The van der Waals surface area contributed by atoms with Crippen LogP contribution in [0.2, 0.25) is 0 Å². The Labute approximate surface area is 105 Å². The van der Waals surface area contributed by atoms with Crippen molar-refractivity contribution >= 4 is 24.3 Å². The Morgan fingerprint density at radius 2 is 1.89 bits per heavy atom. The molecule has 0 radical (unpaired) electrons. The molecular formula is C10H9F3N2O2S. The van der Waals surface area contributed by atoms with Crippen molar-refractivity contribution in [3.05, 3.63) is 29.8 Å². The summed E-state index contributed by atoms with van der Waals surface area (Å²) >= 11 is 1.07. The van der Waals surface area contributed by atoms with Crippen LogP contribution in [0.5, 0.6) is 0 Å². The van der Waals surface area contributed by atoms with Gasteiger partial charge in [0.2, 0.25) is 6.41 Å². The minimum absolute atomic E-state index is 0.204. The van der Waals surface area contributed by atoms with E-state index in [0.717, 1.165) is 16.8 Å². The number of hydrogen-bond acceptors (Lipinski definition) is 3. The molecule has 0 atom stereocenters. The molecule has 18 heavy (non-hydrogen) atoms. The van der Waals surface area contributed by atoms with Crippen LogP contribution in [-0.2, 0) is 16.1 Å². The van der Waals surface area contributed by atoms with Gasteiger partial charge < -0.3 is 5.32 Å². The average Bonchev–Trinajstić information content (AvgIpc) is 2.33. The van der Waals surface area contributed by atoms with E-state index < -0.39 is 12.1 Å². The first-order chi connectivity index (χ1) is 8.43. The van der Waals surface area contributed by atoms with Crippen LogP contribution in [0.25, 0.3) is 0 Å². The largest absolute Gasteiger partial charge is 0.471 e. The molecule has 4 nitrogen and oxygen atoms in total. The number of amides is 2. The third kappa shape index (κ3) is 4.66. The number of nitrogens with one attached hydrogen (secondary N) is 2. The monoisotopic (exact) mass is 278 g/mol. The van der Waals surface area contributed by atoms with Gasteiger partial charge in [-0.2, -0.15) is 13.2 Å².